The summed E-state index contributed by atoms with van der Waals surface area (Å²) >= 11 is 0. The fourth-order valence-electron chi connectivity index (χ4n) is 2.31. The van der Waals surface area contributed by atoms with E-state index in [2.05, 4.69) is 5.32 Å². The van der Waals surface area contributed by atoms with Crippen molar-refractivity contribution in [1.29, 1.82) is 0 Å². The average Bonchev–Trinajstić information content (AvgIpc) is 2.70. The van der Waals surface area contributed by atoms with Crippen LogP contribution < -0.4 is 10.2 Å². The van der Waals surface area contributed by atoms with Gasteiger partial charge in [-0.3, -0.25) is 19.3 Å². The number of fused-ring (bicyclic) bond motifs is 1. The van der Waals surface area contributed by atoms with Crippen LogP contribution in [0.4, 0.5) is 5.69 Å². The normalized spacial score (nSPS) is 13.8. The third kappa shape index (κ3) is 2.57. The molecule has 0 unspecified atom stereocenters. The van der Waals surface area contributed by atoms with E-state index in [1.807, 2.05) is 13.8 Å². The van der Waals surface area contributed by atoms with Gasteiger partial charge in [0, 0.05) is 6.04 Å². The summed E-state index contributed by atoms with van der Waals surface area (Å²) < 4.78 is 0. The van der Waals surface area contributed by atoms with Crippen molar-refractivity contribution in [3.05, 3.63) is 29.8 Å². The molecule has 106 valence electrons. The maximum atomic E-state index is 12.0. The largest absolute Gasteiger partial charge is 0.352 e. The van der Waals surface area contributed by atoms with E-state index in [0.717, 1.165) is 12.8 Å². The van der Waals surface area contributed by atoms with Crippen LogP contribution in [0.1, 0.15) is 37.0 Å². The lowest BCUT2D eigenvalue weighted by Crippen LogP contribution is -2.43. The van der Waals surface area contributed by atoms with Crippen molar-refractivity contribution in [1.82, 2.24) is 5.32 Å². The first-order chi connectivity index (χ1) is 9.58. The van der Waals surface area contributed by atoms with Gasteiger partial charge < -0.3 is 5.32 Å². The van der Waals surface area contributed by atoms with Gasteiger partial charge in [-0.05, 0) is 25.0 Å². The minimum Gasteiger partial charge on any atom is -0.352 e. The van der Waals surface area contributed by atoms with Crippen LogP contribution in [0.2, 0.25) is 0 Å². The van der Waals surface area contributed by atoms with E-state index in [0.29, 0.717) is 11.3 Å². The molecule has 1 heterocycles. The van der Waals surface area contributed by atoms with Crippen molar-refractivity contribution in [2.45, 2.75) is 32.7 Å². The third-order valence-corrected chi connectivity index (χ3v) is 3.53. The Morgan fingerprint density at radius 1 is 1.20 bits per heavy atom. The van der Waals surface area contributed by atoms with Crippen LogP contribution in [0.15, 0.2) is 24.3 Å². The fraction of sp³-hybridized carbons (Fsp3) is 0.400. The molecule has 1 aliphatic rings. The van der Waals surface area contributed by atoms with E-state index in [1.165, 1.54) is 4.90 Å². The number of nitrogens with one attached hydrogen (secondary N) is 1. The molecule has 0 bridgehead atoms. The highest BCUT2D eigenvalue weighted by Crippen LogP contribution is 2.27. The molecule has 1 aromatic rings. The lowest BCUT2D eigenvalue weighted by Gasteiger charge is -2.19. The van der Waals surface area contributed by atoms with Crippen LogP contribution in [0, 0.1) is 0 Å². The number of nitrogens with zero attached hydrogens (tertiary/aromatic N) is 1. The summed E-state index contributed by atoms with van der Waals surface area (Å²) in [5.41, 5.74) is 0.884. The second kappa shape index (κ2) is 5.86. The smallest absolute Gasteiger partial charge is 0.299 e. The molecule has 0 atom stereocenters. The average molecular weight is 274 g/mol. The highest BCUT2D eigenvalue weighted by molar-refractivity contribution is 6.52. The summed E-state index contributed by atoms with van der Waals surface area (Å²) in [6, 6.07) is 6.84. The summed E-state index contributed by atoms with van der Waals surface area (Å²) in [6.07, 6.45) is 1.68. The molecule has 1 N–H and O–H groups in total. The summed E-state index contributed by atoms with van der Waals surface area (Å²) in [6.45, 7) is 3.88. The van der Waals surface area contributed by atoms with Gasteiger partial charge in [-0.2, -0.15) is 0 Å². The molecule has 2 rings (SSSR count). The fourth-order valence-corrected chi connectivity index (χ4v) is 2.31. The van der Waals surface area contributed by atoms with Crippen LogP contribution in [-0.2, 0) is 9.59 Å². The Labute approximate surface area is 118 Å². The Bertz CT molecular complexity index is 550. The minimum absolute atomic E-state index is 0.103. The number of hydrogen-bond donors (Lipinski definition) is 1. The molecule has 0 aromatic heterocycles. The summed E-state index contributed by atoms with van der Waals surface area (Å²) in [5.74, 6) is -1.42. The highest BCUT2D eigenvalue weighted by atomic mass is 16.2. The zero-order valence-electron chi connectivity index (χ0n) is 11.7. The Morgan fingerprint density at radius 2 is 1.85 bits per heavy atom. The number of ketones is 1. The molecule has 0 radical (unpaired) electrons. The summed E-state index contributed by atoms with van der Waals surface area (Å²) in [5, 5.41) is 2.87. The first-order valence-electron chi connectivity index (χ1n) is 6.83. The number of para-hydroxylation sites is 1. The van der Waals surface area contributed by atoms with Crippen molar-refractivity contribution >= 4 is 23.3 Å². The van der Waals surface area contributed by atoms with E-state index >= 15 is 0 Å². The van der Waals surface area contributed by atoms with E-state index in [4.69, 9.17) is 0 Å². The quantitative estimate of drug-likeness (QED) is 0.828. The standard InChI is InChI=1S/C15H18N2O3/c1-3-10(4-2)16-13(18)9-17-12-8-6-5-7-11(12)14(19)15(17)20/h5-8,10H,3-4,9H2,1-2H3,(H,16,18). The molecule has 5 heteroatoms. The van der Waals surface area contributed by atoms with E-state index < -0.39 is 11.7 Å². The predicted molar refractivity (Wildman–Crippen MR) is 75.6 cm³/mol. The number of anilines is 1. The van der Waals surface area contributed by atoms with E-state index in [-0.39, 0.29) is 18.5 Å². The van der Waals surface area contributed by atoms with Crippen LogP contribution in [-0.4, -0.2) is 30.2 Å². The number of carbonyl (C=O) groups is 3. The molecular weight excluding hydrogens is 256 g/mol. The van der Waals surface area contributed by atoms with Crippen molar-refractivity contribution in [2.24, 2.45) is 0 Å². The molecular formula is C15H18N2O3. The Hall–Kier alpha value is -2.17. The van der Waals surface area contributed by atoms with Gasteiger partial charge in [0.2, 0.25) is 5.91 Å². The number of Topliss-reactive ketones (excluding diaryl/α,β-unsaturated/α-hetero) is 1. The van der Waals surface area contributed by atoms with Crippen LogP contribution in [0.3, 0.4) is 0 Å². The number of amides is 2. The Balaban J connectivity index is 2.12. The zero-order valence-corrected chi connectivity index (χ0v) is 11.7. The number of carbonyl (C=O) groups excluding carboxylic acids is 3. The maximum absolute atomic E-state index is 12.0. The molecule has 5 nitrogen and oxygen atoms in total. The second-order valence-corrected chi connectivity index (χ2v) is 4.82. The van der Waals surface area contributed by atoms with Gasteiger partial charge in [0.05, 0.1) is 11.3 Å². The number of benzene rings is 1. The molecule has 0 spiro atoms. The minimum atomic E-state index is -0.633. The number of rotatable bonds is 5. The highest BCUT2D eigenvalue weighted by Gasteiger charge is 2.36. The van der Waals surface area contributed by atoms with Gasteiger partial charge in [-0.25, -0.2) is 0 Å². The SMILES string of the molecule is CCC(CC)NC(=O)CN1C(=O)C(=O)c2ccccc21. The molecule has 0 aliphatic carbocycles. The monoisotopic (exact) mass is 274 g/mol. The van der Waals surface area contributed by atoms with E-state index in [1.54, 1.807) is 24.3 Å². The van der Waals surface area contributed by atoms with Gasteiger partial charge in [0.1, 0.15) is 6.54 Å². The molecule has 20 heavy (non-hydrogen) atoms. The van der Waals surface area contributed by atoms with Gasteiger partial charge >= 0.3 is 0 Å². The molecule has 1 aliphatic heterocycles. The first-order valence-corrected chi connectivity index (χ1v) is 6.83. The van der Waals surface area contributed by atoms with Crippen molar-refractivity contribution in [2.75, 3.05) is 11.4 Å². The first kappa shape index (κ1) is 14.2. The van der Waals surface area contributed by atoms with Gasteiger partial charge in [-0.15, -0.1) is 0 Å². The summed E-state index contributed by atoms with van der Waals surface area (Å²) in [7, 11) is 0. The third-order valence-electron chi connectivity index (χ3n) is 3.53. The topological polar surface area (TPSA) is 66.5 Å². The Kier molecular flexibility index (Phi) is 4.17. The predicted octanol–water partition coefficient (Wildman–Crippen LogP) is 1.52. The molecule has 0 fully saturated rings. The molecule has 0 saturated carbocycles. The van der Waals surface area contributed by atoms with Crippen LogP contribution in [0.5, 0.6) is 0 Å². The van der Waals surface area contributed by atoms with Crippen LogP contribution >= 0.6 is 0 Å². The lowest BCUT2D eigenvalue weighted by atomic mass is 10.1. The molecule has 0 saturated heterocycles. The van der Waals surface area contributed by atoms with Crippen molar-refractivity contribution in [3.8, 4) is 0 Å². The van der Waals surface area contributed by atoms with Gasteiger partial charge in [0.15, 0.2) is 0 Å². The van der Waals surface area contributed by atoms with Crippen molar-refractivity contribution in [3.63, 3.8) is 0 Å². The second-order valence-electron chi connectivity index (χ2n) is 4.82. The maximum Gasteiger partial charge on any atom is 0.299 e. The van der Waals surface area contributed by atoms with Gasteiger partial charge in [-0.1, -0.05) is 26.0 Å². The number of hydrogen-bond acceptors (Lipinski definition) is 3. The van der Waals surface area contributed by atoms with E-state index in [9.17, 15) is 14.4 Å². The molecule has 1 aromatic carbocycles. The summed E-state index contributed by atoms with van der Waals surface area (Å²) in [4.78, 5) is 36.9. The van der Waals surface area contributed by atoms with Crippen LogP contribution in [0.25, 0.3) is 0 Å². The molecule has 2 amide bonds. The Morgan fingerprint density at radius 3 is 2.50 bits per heavy atom. The lowest BCUT2D eigenvalue weighted by molar-refractivity contribution is -0.122. The van der Waals surface area contributed by atoms with Gasteiger partial charge in [0.25, 0.3) is 11.7 Å². The van der Waals surface area contributed by atoms with Crippen molar-refractivity contribution < 1.29 is 14.4 Å². The zero-order chi connectivity index (χ0) is 14.7.